The van der Waals surface area contributed by atoms with Crippen LogP contribution in [-0.4, -0.2) is 29.8 Å². The van der Waals surface area contributed by atoms with E-state index < -0.39 is 11.7 Å². The van der Waals surface area contributed by atoms with Crippen molar-refractivity contribution in [2.24, 2.45) is 7.05 Å². The number of aromatic nitrogens is 5. The summed E-state index contributed by atoms with van der Waals surface area (Å²) in [6.45, 7) is 0.122. The molecule has 0 aliphatic carbocycles. The number of nitrogens with zero attached hydrogens (tertiary/aromatic N) is 5. The predicted octanol–water partition coefficient (Wildman–Crippen LogP) is 3.08. The molecule has 0 unspecified atom stereocenters. The summed E-state index contributed by atoms with van der Waals surface area (Å²) >= 11 is 0. The van der Waals surface area contributed by atoms with Gasteiger partial charge in [0.1, 0.15) is 11.4 Å². The molecule has 4 aromatic rings. The van der Waals surface area contributed by atoms with Gasteiger partial charge >= 0.3 is 6.18 Å². The number of hydrogen-bond acceptors (Lipinski definition) is 4. The number of nitrogens with one attached hydrogen (secondary N) is 1. The first-order valence-electron chi connectivity index (χ1n) is 8.57. The molecule has 0 fully saturated rings. The SMILES string of the molecule is Cn1cnc(C(=O)NCc2cn3ccnc3c(-c3ccc(C(F)(F)F)cc3)n2)c1. The highest BCUT2D eigenvalue weighted by Gasteiger charge is 2.30. The highest BCUT2D eigenvalue weighted by atomic mass is 19.4. The maximum atomic E-state index is 12.8. The Bertz CT molecular complexity index is 1180. The van der Waals surface area contributed by atoms with Crippen LogP contribution in [0.1, 0.15) is 21.7 Å². The Morgan fingerprint density at radius 2 is 1.90 bits per heavy atom. The average molecular weight is 400 g/mol. The van der Waals surface area contributed by atoms with Crippen molar-refractivity contribution in [1.29, 1.82) is 0 Å². The second-order valence-corrected chi connectivity index (χ2v) is 6.42. The van der Waals surface area contributed by atoms with Crippen molar-refractivity contribution in [2.75, 3.05) is 0 Å². The van der Waals surface area contributed by atoms with Gasteiger partial charge in [-0.3, -0.25) is 4.79 Å². The number of halogens is 3. The van der Waals surface area contributed by atoms with Crippen LogP contribution in [0.25, 0.3) is 16.9 Å². The molecule has 0 spiro atoms. The van der Waals surface area contributed by atoms with E-state index in [1.165, 1.54) is 18.5 Å². The largest absolute Gasteiger partial charge is 0.416 e. The quantitative estimate of drug-likeness (QED) is 0.571. The number of hydrogen-bond donors (Lipinski definition) is 1. The number of benzene rings is 1. The number of fused-ring (bicyclic) bond motifs is 1. The molecule has 0 aliphatic heterocycles. The highest BCUT2D eigenvalue weighted by Crippen LogP contribution is 2.31. The number of aryl methyl sites for hydroxylation is 1. The fraction of sp³-hybridized carbons (Fsp3) is 0.158. The highest BCUT2D eigenvalue weighted by molar-refractivity contribution is 5.91. The fourth-order valence-electron chi connectivity index (χ4n) is 2.87. The third-order valence-electron chi connectivity index (χ3n) is 4.28. The molecule has 3 aromatic heterocycles. The van der Waals surface area contributed by atoms with E-state index in [1.54, 1.807) is 40.8 Å². The fourth-order valence-corrected chi connectivity index (χ4v) is 2.87. The lowest BCUT2D eigenvalue weighted by atomic mass is 10.1. The summed E-state index contributed by atoms with van der Waals surface area (Å²) in [4.78, 5) is 24.9. The number of carbonyl (C=O) groups excluding carboxylic acids is 1. The third kappa shape index (κ3) is 3.82. The van der Waals surface area contributed by atoms with Crippen LogP contribution < -0.4 is 5.32 Å². The topological polar surface area (TPSA) is 77.1 Å². The van der Waals surface area contributed by atoms with Crippen molar-refractivity contribution in [1.82, 2.24) is 29.2 Å². The van der Waals surface area contributed by atoms with Gasteiger partial charge in [0, 0.05) is 37.4 Å². The molecular formula is C19H15F3N6O. The van der Waals surface area contributed by atoms with Crippen molar-refractivity contribution in [2.45, 2.75) is 12.7 Å². The Kier molecular flexibility index (Phi) is 4.53. The van der Waals surface area contributed by atoms with E-state index in [0.29, 0.717) is 22.6 Å². The molecule has 0 atom stereocenters. The molecule has 1 amide bonds. The molecule has 0 aliphatic rings. The van der Waals surface area contributed by atoms with Gasteiger partial charge in [-0.15, -0.1) is 0 Å². The summed E-state index contributed by atoms with van der Waals surface area (Å²) in [6, 6.07) is 4.73. The number of carbonyl (C=O) groups is 1. The molecule has 3 heterocycles. The minimum atomic E-state index is -4.41. The van der Waals surface area contributed by atoms with Crippen molar-refractivity contribution < 1.29 is 18.0 Å². The summed E-state index contributed by atoms with van der Waals surface area (Å²) < 4.78 is 41.9. The predicted molar refractivity (Wildman–Crippen MR) is 97.8 cm³/mol. The van der Waals surface area contributed by atoms with Crippen LogP contribution in [0, 0.1) is 0 Å². The zero-order valence-electron chi connectivity index (χ0n) is 15.2. The monoisotopic (exact) mass is 400 g/mol. The summed E-state index contributed by atoms with van der Waals surface area (Å²) in [5.41, 5.74) is 1.48. The van der Waals surface area contributed by atoms with Gasteiger partial charge in [0.2, 0.25) is 0 Å². The molecule has 7 nitrogen and oxygen atoms in total. The van der Waals surface area contributed by atoms with Crippen LogP contribution in [0.3, 0.4) is 0 Å². The van der Waals surface area contributed by atoms with Crippen LogP contribution in [0.2, 0.25) is 0 Å². The first kappa shape index (κ1) is 18.7. The summed E-state index contributed by atoms with van der Waals surface area (Å²) in [5.74, 6) is -0.353. The summed E-state index contributed by atoms with van der Waals surface area (Å²) in [7, 11) is 1.76. The van der Waals surface area contributed by atoms with Crippen LogP contribution >= 0.6 is 0 Å². The summed E-state index contributed by atoms with van der Waals surface area (Å²) in [6.07, 6.45) is 3.68. The van der Waals surface area contributed by atoms with Gasteiger partial charge in [-0.2, -0.15) is 13.2 Å². The van der Waals surface area contributed by atoms with Gasteiger partial charge in [-0.05, 0) is 12.1 Å². The first-order chi connectivity index (χ1) is 13.8. The van der Waals surface area contributed by atoms with E-state index in [9.17, 15) is 18.0 Å². The van der Waals surface area contributed by atoms with Crippen molar-refractivity contribution >= 4 is 11.6 Å². The first-order valence-corrected chi connectivity index (χ1v) is 8.57. The molecule has 148 valence electrons. The normalized spacial score (nSPS) is 11.7. The lowest BCUT2D eigenvalue weighted by Crippen LogP contribution is -2.24. The molecule has 0 radical (unpaired) electrons. The molecule has 0 saturated heterocycles. The molecular weight excluding hydrogens is 385 g/mol. The lowest BCUT2D eigenvalue weighted by molar-refractivity contribution is -0.137. The Morgan fingerprint density at radius 3 is 2.55 bits per heavy atom. The Hall–Kier alpha value is -3.69. The molecule has 10 heteroatoms. The van der Waals surface area contributed by atoms with Crippen LogP contribution in [0.5, 0.6) is 0 Å². The van der Waals surface area contributed by atoms with E-state index in [-0.39, 0.29) is 18.1 Å². The van der Waals surface area contributed by atoms with Crippen LogP contribution in [0.15, 0.2) is 55.4 Å². The van der Waals surface area contributed by atoms with E-state index in [0.717, 1.165) is 12.1 Å². The molecule has 1 aromatic carbocycles. The zero-order chi connectivity index (χ0) is 20.6. The van der Waals surface area contributed by atoms with Gasteiger partial charge in [-0.1, -0.05) is 12.1 Å². The van der Waals surface area contributed by atoms with E-state index >= 15 is 0 Å². The number of amides is 1. The molecule has 4 rings (SSSR count). The van der Waals surface area contributed by atoms with Crippen molar-refractivity contribution in [3.63, 3.8) is 0 Å². The zero-order valence-corrected chi connectivity index (χ0v) is 15.2. The van der Waals surface area contributed by atoms with Gasteiger partial charge in [0.15, 0.2) is 5.65 Å². The maximum absolute atomic E-state index is 12.8. The van der Waals surface area contributed by atoms with Crippen molar-refractivity contribution in [3.8, 4) is 11.3 Å². The minimum absolute atomic E-state index is 0.122. The Morgan fingerprint density at radius 1 is 1.14 bits per heavy atom. The van der Waals surface area contributed by atoms with E-state index in [2.05, 4.69) is 20.3 Å². The second kappa shape index (κ2) is 7.04. The second-order valence-electron chi connectivity index (χ2n) is 6.42. The standard InChI is InChI=1S/C19H15F3N6O/c1-27-10-15(25-11-27)18(29)24-8-14-9-28-7-6-23-17(28)16(26-14)12-2-4-13(5-3-12)19(20,21)22/h2-7,9-11H,8H2,1H3,(H,24,29). The van der Waals surface area contributed by atoms with Gasteiger partial charge in [-0.25, -0.2) is 15.0 Å². The summed E-state index contributed by atoms with van der Waals surface area (Å²) in [5, 5.41) is 2.73. The van der Waals surface area contributed by atoms with Gasteiger partial charge in [0.25, 0.3) is 5.91 Å². The van der Waals surface area contributed by atoms with Crippen LogP contribution in [0.4, 0.5) is 13.2 Å². The smallest absolute Gasteiger partial charge is 0.345 e. The van der Waals surface area contributed by atoms with E-state index in [4.69, 9.17) is 0 Å². The number of alkyl halides is 3. The van der Waals surface area contributed by atoms with Crippen LogP contribution in [-0.2, 0) is 19.8 Å². The van der Waals surface area contributed by atoms with E-state index in [1.807, 2.05) is 0 Å². The van der Waals surface area contributed by atoms with Crippen molar-refractivity contribution in [3.05, 3.63) is 72.3 Å². The third-order valence-corrected chi connectivity index (χ3v) is 4.28. The molecule has 0 saturated carbocycles. The Balaban J connectivity index is 1.63. The maximum Gasteiger partial charge on any atom is 0.416 e. The minimum Gasteiger partial charge on any atom is -0.345 e. The molecule has 0 bridgehead atoms. The lowest BCUT2D eigenvalue weighted by Gasteiger charge is -2.10. The number of imidazole rings is 2. The van der Waals surface area contributed by atoms with Gasteiger partial charge < -0.3 is 14.3 Å². The average Bonchev–Trinajstić information content (AvgIpc) is 3.33. The van der Waals surface area contributed by atoms with Gasteiger partial charge in [0.05, 0.1) is 24.1 Å². The number of rotatable bonds is 4. The molecule has 1 N–H and O–H groups in total. The molecule has 29 heavy (non-hydrogen) atoms. The Labute approximate surface area is 162 Å².